The Morgan fingerprint density at radius 3 is 2.26 bits per heavy atom. The molecule has 134 valence electrons. The predicted octanol–water partition coefficient (Wildman–Crippen LogP) is -5.49. The Morgan fingerprint density at radius 2 is 1.65 bits per heavy atom. The number of hydrogen-bond acceptors (Lipinski definition) is 11. The third kappa shape index (κ3) is 2.77. The molecule has 0 aromatic heterocycles. The molecule has 3 aliphatic rings. The van der Waals surface area contributed by atoms with Gasteiger partial charge in [0.1, 0.15) is 42.7 Å². The van der Waals surface area contributed by atoms with Crippen molar-refractivity contribution in [3.63, 3.8) is 0 Å². The molecule has 0 amide bonds. The molecule has 10 atom stereocenters. The lowest BCUT2D eigenvalue weighted by Gasteiger charge is -2.43. The van der Waals surface area contributed by atoms with Crippen LogP contribution in [0.4, 0.5) is 0 Å². The van der Waals surface area contributed by atoms with Gasteiger partial charge >= 0.3 is 0 Å². The van der Waals surface area contributed by atoms with Gasteiger partial charge in [0.05, 0.1) is 19.3 Å². The number of ether oxygens (including phenoxy) is 3. The van der Waals surface area contributed by atoms with Crippen LogP contribution in [-0.2, 0) is 14.2 Å². The fourth-order valence-corrected chi connectivity index (χ4v) is 3.03. The zero-order chi connectivity index (χ0) is 16.9. The lowest BCUT2D eigenvalue weighted by molar-refractivity contribution is -0.327. The van der Waals surface area contributed by atoms with Crippen LogP contribution >= 0.6 is 0 Å². The Hall–Kier alpha value is -0.440. The monoisotopic (exact) mass is 338 g/mol. The largest absolute Gasteiger partial charge is 0.394 e. The number of hydrogen-bond donors (Lipinski definition) is 8. The highest BCUT2D eigenvalue weighted by atomic mass is 16.8. The third-order valence-corrected chi connectivity index (χ3v) is 4.49. The van der Waals surface area contributed by atoms with Crippen molar-refractivity contribution in [2.75, 3.05) is 13.2 Å². The summed E-state index contributed by atoms with van der Waals surface area (Å²) in [5.74, 6) is -1.55. The number of rotatable bonds is 4. The van der Waals surface area contributed by atoms with Gasteiger partial charge < -0.3 is 50.6 Å². The highest BCUT2D eigenvalue weighted by molar-refractivity contribution is 5.13. The minimum Gasteiger partial charge on any atom is -0.394 e. The minimum atomic E-state index is -1.55. The molecule has 3 fully saturated rings. The van der Waals surface area contributed by atoms with E-state index in [9.17, 15) is 30.6 Å². The van der Waals surface area contributed by atoms with Crippen molar-refractivity contribution in [3.8, 4) is 0 Å². The quantitative estimate of drug-likeness (QED) is 0.228. The van der Waals surface area contributed by atoms with Crippen LogP contribution in [0.5, 0.6) is 0 Å². The lowest BCUT2D eigenvalue weighted by atomic mass is 9.97. The second kappa shape index (κ2) is 6.13. The average molecular weight is 338 g/mol. The number of aliphatic hydroxyl groups excluding tert-OH is 6. The molecular formula is C12H22N2O9. The van der Waals surface area contributed by atoms with Crippen LogP contribution in [0.3, 0.4) is 0 Å². The lowest BCUT2D eigenvalue weighted by Crippen LogP contribution is -2.64. The van der Waals surface area contributed by atoms with E-state index >= 15 is 0 Å². The SMILES string of the molecule is NC1C(O)[C@H](O[C@@]23NC2C(O)[C@H](O)C(CO)O3)C(CO)O[C@H]1O. The molecule has 0 saturated carbocycles. The van der Waals surface area contributed by atoms with Crippen molar-refractivity contribution in [1.29, 1.82) is 0 Å². The Kier molecular flexibility index (Phi) is 4.63. The Balaban J connectivity index is 1.75. The summed E-state index contributed by atoms with van der Waals surface area (Å²) in [6.07, 6.45) is -8.71. The Bertz CT molecular complexity index is 441. The van der Waals surface area contributed by atoms with Crippen molar-refractivity contribution in [2.45, 2.75) is 60.9 Å². The minimum absolute atomic E-state index is 0.552. The molecular weight excluding hydrogens is 316 g/mol. The molecule has 11 heteroatoms. The summed E-state index contributed by atoms with van der Waals surface area (Å²) in [6.45, 7) is -1.11. The number of nitrogens with one attached hydrogen (secondary N) is 1. The molecule has 9 N–H and O–H groups in total. The van der Waals surface area contributed by atoms with Crippen LogP contribution < -0.4 is 11.1 Å². The van der Waals surface area contributed by atoms with Crippen molar-refractivity contribution < 1.29 is 44.8 Å². The van der Waals surface area contributed by atoms with Crippen molar-refractivity contribution in [2.24, 2.45) is 5.73 Å². The average Bonchev–Trinajstić information content (AvgIpc) is 3.26. The van der Waals surface area contributed by atoms with Gasteiger partial charge in [-0.25, -0.2) is 0 Å². The van der Waals surface area contributed by atoms with Crippen LogP contribution in [0.2, 0.25) is 0 Å². The fourth-order valence-electron chi connectivity index (χ4n) is 3.03. The van der Waals surface area contributed by atoms with Crippen molar-refractivity contribution >= 4 is 0 Å². The molecule has 23 heavy (non-hydrogen) atoms. The van der Waals surface area contributed by atoms with Crippen molar-refractivity contribution in [1.82, 2.24) is 5.32 Å². The summed E-state index contributed by atoms with van der Waals surface area (Å²) >= 11 is 0. The molecule has 0 aliphatic carbocycles. The van der Waals surface area contributed by atoms with E-state index in [1.165, 1.54) is 0 Å². The molecule has 3 aliphatic heterocycles. The summed E-state index contributed by atoms with van der Waals surface area (Å²) in [6, 6.07) is -1.95. The van der Waals surface area contributed by atoms with Gasteiger partial charge in [-0.15, -0.1) is 0 Å². The fraction of sp³-hybridized carbons (Fsp3) is 1.00. The smallest absolute Gasteiger partial charge is 0.247 e. The van der Waals surface area contributed by atoms with Gasteiger partial charge in [0, 0.05) is 0 Å². The van der Waals surface area contributed by atoms with Gasteiger partial charge in [-0.1, -0.05) is 0 Å². The topological polar surface area (TPSA) is 197 Å². The summed E-state index contributed by atoms with van der Waals surface area (Å²) in [5, 5.41) is 60.8. The van der Waals surface area contributed by atoms with E-state index < -0.39 is 74.1 Å². The molecule has 3 heterocycles. The number of fused-ring (bicyclic) bond motifs is 1. The first-order valence-electron chi connectivity index (χ1n) is 7.33. The molecule has 0 radical (unpaired) electrons. The van der Waals surface area contributed by atoms with Gasteiger partial charge in [-0.3, -0.25) is 5.32 Å². The van der Waals surface area contributed by atoms with Crippen LogP contribution in [0.1, 0.15) is 0 Å². The van der Waals surface area contributed by atoms with Gasteiger partial charge in [0.25, 0.3) is 0 Å². The normalized spacial score (nSPS) is 56.2. The molecule has 3 rings (SSSR count). The molecule has 0 bridgehead atoms. The highest BCUT2D eigenvalue weighted by Gasteiger charge is 2.69. The molecule has 0 spiro atoms. The van der Waals surface area contributed by atoms with Gasteiger partial charge in [0.15, 0.2) is 6.29 Å². The van der Waals surface area contributed by atoms with E-state index in [4.69, 9.17) is 19.9 Å². The number of nitrogens with two attached hydrogens (primary N) is 1. The standard InChI is InChI=1S/C12H22N2O9/c13-5-7(18)9(4(2-16)21-11(5)20)23-12-10(14-12)8(19)6(17)3(1-15)22-12/h3-11,14-20H,1-2,13H2/t3?,4?,5?,6-,7?,8?,9-,10?,11-,12-/m1/s1. The van der Waals surface area contributed by atoms with Gasteiger partial charge in [-0.05, 0) is 0 Å². The third-order valence-electron chi connectivity index (χ3n) is 4.49. The summed E-state index contributed by atoms with van der Waals surface area (Å²) in [5.41, 5.74) is 5.62. The molecule has 11 nitrogen and oxygen atoms in total. The molecule has 6 unspecified atom stereocenters. The zero-order valence-corrected chi connectivity index (χ0v) is 12.1. The van der Waals surface area contributed by atoms with E-state index in [0.717, 1.165) is 0 Å². The summed E-state index contributed by atoms with van der Waals surface area (Å²) in [4.78, 5) is 0. The molecule has 3 saturated heterocycles. The predicted molar refractivity (Wildman–Crippen MR) is 70.4 cm³/mol. The number of aliphatic hydroxyl groups is 6. The summed E-state index contributed by atoms with van der Waals surface area (Å²) < 4.78 is 16.2. The van der Waals surface area contributed by atoms with Crippen LogP contribution in [-0.4, -0.2) is 105 Å². The highest BCUT2D eigenvalue weighted by Crippen LogP contribution is 2.42. The zero-order valence-electron chi connectivity index (χ0n) is 12.1. The molecule has 0 aromatic rings. The van der Waals surface area contributed by atoms with E-state index in [0.29, 0.717) is 0 Å². The first-order valence-corrected chi connectivity index (χ1v) is 7.33. The van der Waals surface area contributed by atoms with Gasteiger partial charge in [0.2, 0.25) is 5.91 Å². The van der Waals surface area contributed by atoms with Crippen LogP contribution in [0, 0.1) is 0 Å². The molecule has 0 aromatic carbocycles. The first-order chi connectivity index (χ1) is 10.8. The van der Waals surface area contributed by atoms with Crippen LogP contribution in [0.25, 0.3) is 0 Å². The first kappa shape index (κ1) is 17.4. The maximum Gasteiger partial charge on any atom is 0.247 e. The second-order valence-corrected chi connectivity index (χ2v) is 6.01. The maximum absolute atomic E-state index is 10.2. The van der Waals surface area contributed by atoms with Crippen molar-refractivity contribution in [3.05, 3.63) is 0 Å². The van der Waals surface area contributed by atoms with E-state index in [1.54, 1.807) is 0 Å². The Labute approximate surface area is 131 Å². The van der Waals surface area contributed by atoms with Crippen LogP contribution in [0.15, 0.2) is 0 Å². The van der Waals surface area contributed by atoms with E-state index in [2.05, 4.69) is 5.32 Å². The van der Waals surface area contributed by atoms with Gasteiger partial charge in [-0.2, -0.15) is 0 Å². The Morgan fingerprint density at radius 1 is 1.00 bits per heavy atom. The van der Waals surface area contributed by atoms with E-state index in [1.807, 2.05) is 0 Å². The van der Waals surface area contributed by atoms with E-state index in [-0.39, 0.29) is 0 Å². The second-order valence-electron chi connectivity index (χ2n) is 6.01. The summed E-state index contributed by atoms with van der Waals surface area (Å²) in [7, 11) is 0. The maximum atomic E-state index is 10.2.